The Bertz CT molecular complexity index is 370. The molecule has 102 valence electrons. The molecule has 0 radical (unpaired) electrons. The third-order valence-corrected chi connectivity index (χ3v) is 3.11. The molecule has 2 rings (SSSR count). The maximum Gasteiger partial charge on any atom is 0.224 e. The average Bonchev–Trinajstić information content (AvgIpc) is 2.82. The van der Waals surface area contributed by atoms with Crippen LogP contribution >= 0.6 is 12.4 Å². The van der Waals surface area contributed by atoms with E-state index in [9.17, 15) is 4.79 Å². The summed E-state index contributed by atoms with van der Waals surface area (Å²) in [7, 11) is 0. The van der Waals surface area contributed by atoms with Gasteiger partial charge in [-0.3, -0.25) is 9.48 Å². The number of aryl methyl sites for hydroxylation is 1. The summed E-state index contributed by atoms with van der Waals surface area (Å²) in [5.74, 6) is 0.196. The summed E-state index contributed by atoms with van der Waals surface area (Å²) < 4.78 is 1.69. The Morgan fingerprint density at radius 1 is 1.50 bits per heavy atom. The third kappa shape index (κ3) is 3.68. The molecule has 6 nitrogen and oxygen atoms in total. The van der Waals surface area contributed by atoms with Crippen LogP contribution in [0.5, 0.6) is 0 Å². The molecule has 0 aromatic carbocycles. The van der Waals surface area contributed by atoms with Gasteiger partial charge in [-0.05, 0) is 13.8 Å². The minimum atomic E-state index is 0. The smallest absolute Gasteiger partial charge is 0.224 e. The number of halogens is 1. The van der Waals surface area contributed by atoms with Gasteiger partial charge in [-0.25, -0.2) is 4.98 Å². The van der Waals surface area contributed by atoms with Crippen molar-refractivity contribution in [3.05, 3.63) is 12.7 Å². The number of carbonyl (C=O) groups excluding carboxylic acids is 1. The standard InChI is InChI=1S/C11H19N5O.ClH/c1-9-6-16(10(2)5-13-9)11(17)3-4-15-8-12-7-14-15;/h7-10,13H,3-6H2,1-2H3;1H. The van der Waals surface area contributed by atoms with Gasteiger partial charge in [-0.2, -0.15) is 5.10 Å². The number of nitrogens with zero attached hydrogens (tertiary/aromatic N) is 4. The van der Waals surface area contributed by atoms with Crippen molar-refractivity contribution < 1.29 is 4.79 Å². The first kappa shape index (κ1) is 14.9. The van der Waals surface area contributed by atoms with Gasteiger partial charge in [0.2, 0.25) is 5.91 Å². The first-order valence-corrected chi connectivity index (χ1v) is 6.02. The van der Waals surface area contributed by atoms with Gasteiger partial charge < -0.3 is 10.2 Å². The molecule has 0 saturated carbocycles. The second kappa shape index (κ2) is 6.70. The van der Waals surface area contributed by atoms with Crippen LogP contribution in [0.25, 0.3) is 0 Å². The molecule has 1 aliphatic heterocycles. The van der Waals surface area contributed by atoms with E-state index in [1.54, 1.807) is 11.0 Å². The van der Waals surface area contributed by atoms with Gasteiger partial charge in [0.25, 0.3) is 0 Å². The van der Waals surface area contributed by atoms with Gasteiger partial charge in [-0.15, -0.1) is 12.4 Å². The summed E-state index contributed by atoms with van der Waals surface area (Å²) in [5.41, 5.74) is 0. The molecule has 0 spiro atoms. The van der Waals surface area contributed by atoms with Crippen molar-refractivity contribution in [2.24, 2.45) is 0 Å². The van der Waals surface area contributed by atoms with E-state index in [1.165, 1.54) is 6.33 Å². The van der Waals surface area contributed by atoms with E-state index in [4.69, 9.17) is 0 Å². The Kier molecular flexibility index (Phi) is 5.55. The van der Waals surface area contributed by atoms with Crippen molar-refractivity contribution in [3.63, 3.8) is 0 Å². The lowest BCUT2D eigenvalue weighted by molar-refractivity contribution is -0.134. The molecular weight excluding hydrogens is 254 g/mol. The van der Waals surface area contributed by atoms with E-state index in [1.807, 2.05) is 4.90 Å². The van der Waals surface area contributed by atoms with Crippen molar-refractivity contribution >= 4 is 18.3 Å². The topological polar surface area (TPSA) is 63.1 Å². The number of rotatable bonds is 3. The van der Waals surface area contributed by atoms with E-state index in [2.05, 4.69) is 29.2 Å². The molecule has 1 amide bonds. The number of hydrogen-bond acceptors (Lipinski definition) is 4. The maximum atomic E-state index is 12.1. The minimum Gasteiger partial charge on any atom is -0.337 e. The fraction of sp³-hybridized carbons (Fsp3) is 0.727. The number of hydrogen-bond donors (Lipinski definition) is 1. The normalized spacial score (nSPS) is 23.6. The number of amides is 1. The second-order valence-corrected chi connectivity index (χ2v) is 4.61. The van der Waals surface area contributed by atoms with E-state index in [0.717, 1.165) is 13.1 Å². The molecule has 1 N–H and O–H groups in total. The Labute approximate surface area is 113 Å². The van der Waals surface area contributed by atoms with E-state index in [-0.39, 0.29) is 24.4 Å². The van der Waals surface area contributed by atoms with Gasteiger partial charge >= 0.3 is 0 Å². The lowest BCUT2D eigenvalue weighted by Gasteiger charge is -2.37. The maximum absolute atomic E-state index is 12.1. The van der Waals surface area contributed by atoms with Crippen molar-refractivity contribution in [2.45, 2.75) is 38.9 Å². The molecule has 1 fully saturated rings. The molecule has 7 heteroatoms. The Morgan fingerprint density at radius 3 is 2.94 bits per heavy atom. The lowest BCUT2D eigenvalue weighted by atomic mass is 10.1. The fourth-order valence-corrected chi connectivity index (χ4v) is 2.07. The first-order valence-electron chi connectivity index (χ1n) is 6.02. The number of piperazine rings is 1. The van der Waals surface area contributed by atoms with Crippen LogP contribution < -0.4 is 5.32 Å². The van der Waals surface area contributed by atoms with Gasteiger partial charge in [0.15, 0.2) is 0 Å². The highest BCUT2D eigenvalue weighted by Crippen LogP contribution is 2.08. The zero-order valence-corrected chi connectivity index (χ0v) is 11.6. The van der Waals surface area contributed by atoms with Crippen molar-refractivity contribution in [2.75, 3.05) is 13.1 Å². The molecule has 0 aliphatic carbocycles. The zero-order chi connectivity index (χ0) is 12.3. The number of carbonyl (C=O) groups is 1. The molecule has 1 aromatic rings. The molecule has 2 atom stereocenters. The Morgan fingerprint density at radius 2 is 2.28 bits per heavy atom. The van der Waals surface area contributed by atoms with E-state index < -0.39 is 0 Å². The van der Waals surface area contributed by atoms with Crippen molar-refractivity contribution in [3.8, 4) is 0 Å². The van der Waals surface area contributed by atoms with Gasteiger partial charge in [0, 0.05) is 31.6 Å². The average molecular weight is 274 g/mol. The monoisotopic (exact) mass is 273 g/mol. The van der Waals surface area contributed by atoms with Crippen LogP contribution in [0.2, 0.25) is 0 Å². The summed E-state index contributed by atoms with van der Waals surface area (Å²) in [4.78, 5) is 17.9. The van der Waals surface area contributed by atoms with Crippen molar-refractivity contribution in [1.82, 2.24) is 25.0 Å². The van der Waals surface area contributed by atoms with Crippen LogP contribution in [0, 0.1) is 0 Å². The van der Waals surface area contributed by atoms with Gasteiger partial charge in [-0.1, -0.05) is 0 Å². The molecule has 2 unspecified atom stereocenters. The van der Waals surface area contributed by atoms with Crippen LogP contribution in [0.15, 0.2) is 12.7 Å². The Balaban J connectivity index is 0.00000162. The fourth-order valence-electron chi connectivity index (χ4n) is 2.07. The molecule has 2 heterocycles. The summed E-state index contributed by atoms with van der Waals surface area (Å²) in [5, 5.41) is 7.35. The highest BCUT2D eigenvalue weighted by atomic mass is 35.5. The summed E-state index contributed by atoms with van der Waals surface area (Å²) >= 11 is 0. The quantitative estimate of drug-likeness (QED) is 0.860. The molecule has 1 saturated heterocycles. The van der Waals surface area contributed by atoms with Gasteiger partial charge in [0.1, 0.15) is 12.7 Å². The highest BCUT2D eigenvalue weighted by molar-refractivity contribution is 5.85. The molecule has 1 aromatic heterocycles. The zero-order valence-electron chi connectivity index (χ0n) is 10.7. The molecular formula is C11H20ClN5O. The minimum absolute atomic E-state index is 0. The first-order chi connectivity index (χ1) is 8.16. The van der Waals surface area contributed by atoms with E-state index >= 15 is 0 Å². The second-order valence-electron chi connectivity index (χ2n) is 4.61. The third-order valence-electron chi connectivity index (χ3n) is 3.11. The van der Waals surface area contributed by atoms with Gasteiger partial charge in [0.05, 0.1) is 6.54 Å². The van der Waals surface area contributed by atoms with Crippen LogP contribution in [0.4, 0.5) is 0 Å². The predicted molar refractivity (Wildman–Crippen MR) is 70.5 cm³/mol. The molecule has 0 bridgehead atoms. The van der Waals surface area contributed by atoms with Crippen molar-refractivity contribution in [1.29, 1.82) is 0 Å². The van der Waals surface area contributed by atoms with E-state index in [0.29, 0.717) is 19.0 Å². The van der Waals surface area contributed by atoms with Crippen LogP contribution in [0.3, 0.4) is 0 Å². The largest absolute Gasteiger partial charge is 0.337 e. The van der Waals surface area contributed by atoms with Crippen LogP contribution in [0.1, 0.15) is 20.3 Å². The summed E-state index contributed by atoms with van der Waals surface area (Å²) in [6.45, 7) is 6.44. The number of aromatic nitrogens is 3. The highest BCUT2D eigenvalue weighted by Gasteiger charge is 2.25. The number of nitrogens with one attached hydrogen (secondary N) is 1. The summed E-state index contributed by atoms with van der Waals surface area (Å²) in [6.07, 6.45) is 3.61. The van der Waals surface area contributed by atoms with Crippen LogP contribution in [-0.4, -0.2) is 50.7 Å². The molecule has 1 aliphatic rings. The molecule has 18 heavy (non-hydrogen) atoms. The summed E-state index contributed by atoms with van der Waals surface area (Å²) in [6, 6.07) is 0.649. The SMILES string of the molecule is CC1CN(C(=O)CCn2cncn2)C(C)CN1.Cl. The Hall–Kier alpha value is -1.14. The lowest BCUT2D eigenvalue weighted by Crippen LogP contribution is -2.56. The predicted octanol–water partition coefficient (Wildman–Crippen LogP) is 0.299. The van der Waals surface area contributed by atoms with Crippen LogP contribution in [-0.2, 0) is 11.3 Å².